The van der Waals surface area contributed by atoms with Crippen molar-refractivity contribution in [1.29, 1.82) is 0 Å². The number of nitrogens with zero attached hydrogens (tertiary/aromatic N) is 1. The lowest BCUT2D eigenvalue weighted by Crippen LogP contribution is -2.55. The standard InChI is InChI=1S/C14H26N2O3/c1-11-6-13(3)8-12(2,4-5-15)9-14(7-11,10-13)19-16(17)18/h11H,4-10,15H2,1-3H3. The summed E-state index contributed by atoms with van der Waals surface area (Å²) in [5.41, 5.74) is 5.37. The molecule has 0 heterocycles. The molecule has 2 fully saturated rings. The molecule has 0 saturated heterocycles. The first-order valence-corrected chi connectivity index (χ1v) is 7.24. The van der Waals surface area contributed by atoms with E-state index in [9.17, 15) is 10.1 Å². The van der Waals surface area contributed by atoms with Crippen LogP contribution in [0.3, 0.4) is 0 Å². The maximum atomic E-state index is 10.9. The van der Waals surface area contributed by atoms with Crippen LogP contribution in [0.2, 0.25) is 0 Å². The van der Waals surface area contributed by atoms with Gasteiger partial charge in [-0.1, -0.05) is 20.8 Å². The topological polar surface area (TPSA) is 78.4 Å². The van der Waals surface area contributed by atoms with E-state index in [1.54, 1.807) is 0 Å². The van der Waals surface area contributed by atoms with E-state index in [1.807, 2.05) is 0 Å². The van der Waals surface area contributed by atoms with Crippen LogP contribution in [0.4, 0.5) is 0 Å². The van der Waals surface area contributed by atoms with Crippen LogP contribution in [0.25, 0.3) is 0 Å². The van der Waals surface area contributed by atoms with E-state index in [1.165, 1.54) is 0 Å². The van der Waals surface area contributed by atoms with Gasteiger partial charge < -0.3 is 10.6 Å². The maximum absolute atomic E-state index is 10.9. The fourth-order valence-corrected chi connectivity index (χ4v) is 5.40. The zero-order valence-electron chi connectivity index (χ0n) is 12.3. The Balaban J connectivity index is 2.30. The zero-order valence-corrected chi connectivity index (χ0v) is 12.3. The average molecular weight is 270 g/mol. The predicted molar refractivity (Wildman–Crippen MR) is 72.9 cm³/mol. The normalized spacial score (nSPS) is 45.8. The van der Waals surface area contributed by atoms with Crippen molar-refractivity contribution in [2.24, 2.45) is 22.5 Å². The molecule has 19 heavy (non-hydrogen) atoms. The third-order valence-electron chi connectivity index (χ3n) is 4.93. The van der Waals surface area contributed by atoms with E-state index in [2.05, 4.69) is 20.8 Å². The minimum absolute atomic E-state index is 0.0674. The Morgan fingerprint density at radius 3 is 2.58 bits per heavy atom. The Morgan fingerprint density at radius 1 is 1.32 bits per heavy atom. The maximum Gasteiger partial charge on any atom is 0.295 e. The van der Waals surface area contributed by atoms with Gasteiger partial charge in [-0.25, -0.2) is 0 Å². The van der Waals surface area contributed by atoms with Crippen LogP contribution in [-0.2, 0) is 4.84 Å². The molecule has 2 rings (SSSR count). The van der Waals surface area contributed by atoms with Gasteiger partial charge in [0.25, 0.3) is 5.09 Å². The van der Waals surface area contributed by atoms with Gasteiger partial charge in [-0.15, -0.1) is 10.1 Å². The third kappa shape index (κ3) is 3.02. The van der Waals surface area contributed by atoms with Gasteiger partial charge in [0.2, 0.25) is 0 Å². The average Bonchev–Trinajstić information content (AvgIpc) is 2.09. The van der Waals surface area contributed by atoms with Gasteiger partial charge in [-0.05, 0) is 61.8 Å². The summed E-state index contributed by atoms with van der Waals surface area (Å²) < 4.78 is 0. The number of rotatable bonds is 4. The van der Waals surface area contributed by atoms with Gasteiger partial charge in [-0.2, -0.15) is 0 Å². The fourth-order valence-electron chi connectivity index (χ4n) is 5.40. The second kappa shape index (κ2) is 4.62. The molecule has 2 saturated carbocycles. The summed E-state index contributed by atoms with van der Waals surface area (Å²) in [5.74, 6) is 0.487. The largest absolute Gasteiger partial charge is 0.330 e. The molecule has 2 bridgehead atoms. The molecule has 0 amide bonds. The lowest BCUT2D eigenvalue weighted by molar-refractivity contribution is -0.785. The zero-order chi connectivity index (χ0) is 14.3. The molecule has 0 aromatic heterocycles. The SMILES string of the molecule is CC1CC2(C)CC(C)(CCN)CC(O[N+](=O)[O-])(C1)C2. The molecular weight excluding hydrogens is 244 g/mol. The highest BCUT2D eigenvalue weighted by atomic mass is 17.0. The molecule has 0 radical (unpaired) electrons. The van der Waals surface area contributed by atoms with E-state index in [4.69, 9.17) is 10.6 Å². The van der Waals surface area contributed by atoms with E-state index < -0.39 is 10.7 Å². The summed E-state index contributed by atoms with van der Waals surface area (Å²) >= 11 is 0. The molecule has 4 unspecified atom stereocenters. The van der Waals surface area contributed by atoms with Crippen molar-refractivity contribution in [2.75, 3.05) is 6.54 Å². The lowest BCUT2D eigenvalue weighted by atomic mass is 9.50. The molecule has 4 atom stereocenters. The predicted octanol–water partition coefficient (Wildman–Crippen LogP) is 2.91. The Labute approximate surface area is 115 Å². The van der Waals surface area contributed by atoms with Crippen LogP contribution in [0.5, 0.6) is 0 Å². The van der Waals surface area contributed by atoms with Gasteiger partial charge in [0.1, 0.15) is 5.60 Å². The molecule has 2 aliphatic carbocycles. The summed E-state index contributed by atoms with van der Waals surface area (Å²) in [4.78, 5) is 16.1. The fraction of sp³-hybridized carbons (Fsp3) is 1.00. The third-order valence-corrected chi connectivity index (χ3v) is 4.93. The molecule has 2 N–H and O–H groups in total. The summed E-state index contributed by atoms with van der Waals surface area (Å²) in [5, 5.41) is 10.3. The van der Waals surface area contributed by atoms with Crippen LogP contribution < -0.4 is 5.73 Å². The van der Waals surface area contributed by atoms with Crippen molar-refractivity contribution in [2.45, 2.75) is 64.9 Å². The van der Waals surface area contributed by atoms with E-state index in [0.29, 0.717) is 12.5 Å². The van der Waals surface area contributed by atoms with Crippen LogP contribution in [0, 0.1) is 26.9 Å². The molecule has 0 aliphatic heterocycles. The summed E-state index contributed by atoms with van der Waals surface area (Å²) in [7, 11) is 0. The van der Waals surface area contributed by atoms with Crippen LogP contribution in [-0.4, -0.2) is 17.2 Å². The smallest absolute Gasteiger partial charge is 0.295 e. The quantitative estimate of drug-likeness (QED) is 0.629. The molecule has 5 nitrogen and oxygen atoms in total. The van der Waals surface area contributed by atoms with Gasteiger partial charge in [0.05, 0.1) is 0 Å². The number of fused-ring (bicyclic) bond motifs is 2. The van der Waals surface area contributed by atoms with Crippen molar-refractivity contribution < 1.29 is 9.92 Å². The van der Waals surface area contributed by atoms with Gasteiger partial charge >= 0.3 is 0 Å². The van der Waals surface area contributed by atoms with Crippen LogP contribution >= 0.6 is 0 Å². The highest BCUT2D eigenvalue weighted by Gasteiger charge is 2.56. The highest BCUT2D eigenvalue weighted by molar-refractivity contribution is 5.05. The first-order chi connectivity index (χ1) is 8.70. The van der Waals surface area contributed by atoms with Crippen LogP contribution in [0.1, 0.15) is 59.3 Å². The van der Waals surface area contributed by atoms with E-state index in [0.717, 1.165) is 38.5 Å². The van der Waals surface area contributed by atoms with Crippen molar-refractivity contribution in [3.63, 3.8) is 0 Å². The minimum Gasteiger partial charge on any atom is -0.330 e. The molecular formula is C14H26N2O3. The van der Waals surface area contributed by atoms with Crippen molar-refractivity contribution in [1.82, 2.24) is 0 Å². The minimum atomic E-state index is -0.591. The second-order valence-electron chi connectivity index (χ2n) is 7.70. The Morgan fingerprint density at radius 2 is 2.00 bits per heavy atom. The monoisotopic (exact) mass is 270 g/mol. The summed E-state index contributed by atoms with van der Waals surface area (Å²) in [6, 6.07) is 0. The molecule has 5 heteroatoms. The van der Waals surface area contributed by atoms with Crippen molar-refractivity contribution in [3.05, 3.63) is 10.1 Å². The summed E-state index contributed by atoms with van der Waals surface area (Å²) in [6.07, 6.45) is 5.52. The van der Waals surface area contributed by atoms with E-state index in [-0.39, 0.29) is 10.8 Å². The van der Waals surface area contributed by atoms with Crippen molar-refractivity contribution >= 4 is 0 Å². The summed E-state index contributed by atoms with van der Waals surface area (Å²) in [6.45, 7) is 7.29. The number of hydrogen-bond donors (Lipinski definition) is 1. The van der Waals surface area contributed by atoms with Gasteiger partial charge in [0, 0.05) is 0 Å². The molecule has 110 valence electrons. The van der Waals surface area contributed by atoms with Crippen molar-refractivity contribution in [3.8, 4) is 0 Å². The van der Waals surface area contributed by atoms with Gasteiger partial charge in [0.15, 0.2) is 0 Å². The Bertz CT molecular complexity index is 374. The van der Waals surface area contributed by atoms with Gasteiger partial charge in [-0.3, -0.25) is 0 Å². The first kappa shape index (κ1) is 14.6. The molecule has 2 aliphatic rings. The van der Waals surface area contributed by atoms with E-state index >= 15 is 0 Å². The second-order valence-corrected chi connectivity index (χ2v) is 7.70. The first-order valence-electron chi connectivity index (χ1n) is 7.24. The Kier molecular flexibility index (Phi) is 3.54. The highest BCUT2D eigenvalue weighted by Crippen LogP contribution is 2.60. The van der Waals surface area contributed by atoms with Crippen LogP contribution in [0.15, 0.2) is 0 Å². The molecule has 0 aromatic rings. The number of hydrogen-bond acceptors (Lipinski definition) is 4. The lowest BCUT2D eigenvalue weighted by Gasteiger charge is -2.57. The number of nitrogens with two attached hydrogens (primary N) is 1. The molecule has 0 spiro atoms. The Hall–Kier alpha value is -0.840. The molecule has 0 aromatic carbocycles.